The molecule has 1 aliphatic carbocycles. The number of pyridine rings is 1. The number of aliphatic hydroxyl groups excluding tert-OH is 1. The quantitative estimate of drug-likeness (QED) is 0.0530. The largest absolute Gasteiger partial charge is 0.486 e. The number of hydrogen-bond acceptors (Lipinski definition) is 16. The average molecular weight is 1210 g/mol. The smallest absolute Gasteiger partial charge is 0.319 e. The minimum atomic E-state index is -0.941. The number of halogens is 1. The van der Waals surface area contributed by atoms with E-state index in [9.17, 15) is 14.7 Å². The van der Waals surface area contributed by atoms with Gasteiger partial charge in [-0.05, 0) is 97.5 Å². The predicted molar refractivity (Wildman–Crippen MR) is 336 cm³/mol. The number of aromatic nitrogens is 9. The number of aromatic amines is 2. The van der Waals surface area contributed by atoms with Crippen LogP contribution in [0, 0.1) is 18.7 Å². The maximum absolute atomic E-state index is 16.3. The first-order valence-corrected chi connectivity index (χ1v) is 31.6. The fraction of sp³-hybridized carbons (Fsp3) is 0.455. The van der Waals surface area contributed by atoms with Crippen molar-refractivity contribution >= 4 is 66.9 Å². The maximum Gasteiger partial charge on any atom is 0.319 e. The number of rotatable bonds is 17. The fourth-order valence-electron chi connectivity index (χ4n) is 14.5. The summed E-state index contributed by atoms with van der Waals surface area (Å²) in [4.78, 5) is 63.4. The standard InChI is InChI=1S/C66H74FN15O7/c1-5-81-53(12-15-72-81)39-9-10-40(54(23-39)78-18-16-68-17-19-78)28-70-63(84)55-25-43(83)32-80(55)65(86)60(35(2)3)82-33-49-45-11-6-37(22-51(45)73-64(85)59(49)77-82)34-88-61-57(56-36(4)50(67)27-52-48(56)30-71-76-52)46(38-7-8-38)26-47-58(61)74-66(89-44-13-20-87-21-14-44)75-62(47)79-31-41-24-42(79)29-69-41/h6,9-12,15,22-23,26-27,30,33,35,38,41-44,55,60,68-69,83H,5,7-8,13-14,16-21,24-25,28-29,31-32,34H2,1-4H3,(H,70,84)(H,71,76)(H,73,85)/t41-,42-,43+,55-,60-/m0/s1. The molecular formula is C66H74FN15O7. The molecule has 2 bridgehead atoms. The highest BCUT2D eigenvalue weighted by Gasteiger charge is 2.44. The van der Waals surface area contributed by atoms with Crippen molar-refractivity contribution < 1.29 is 33.3 Å². The highest BCUT2D eigenvalue weighted by atomic mass is 19.1. The number of hydrogen-bond donors (Lipinski definition) is 6. The first kappa shape index (κ1) is 57.0. The van der Waals surface area contributed by atoms with Crippen LogP contribution in [0.25, 0.3) is 66.0 Å². The van der Waals surface area contributed by atoms with Crippen LogP contribution < -0.4 is 40.8 Å². The molecule has 10 heterocycles. The number of aryl methyl sites for hydroxylation is 1. The van der Waals surface area contributed by atoms with E-state index in [1.165, 1.54) is 11.0 Å². The molecule has 22 nitrogen and oxygen atoms in total. The third kappa shape index (κ3) is 10.5. The highest BCUT2D eigenvalue weighted by Crippen LogP contribution is 2.54. The Bertz CT molecular complexity index is 4290. The van der Waals surface area contributed by atoms with Gasteiger partial charge >= 0.3 is 6.01 Å². The van der Waals surface area contributed by atoms with E-state index in [1.54, 1.807) is 30.2 Å². The average Bonchev–Trinajstić information content (AvgIpc) is 1.83. The lowest BCUT2D eigenvalue weighted by atomic mass is 9.88. The van der Waals surface area contributed by atoms with E-state index >= 15 is 9.18 Å². The molecule has 1 saturated carbocycles. The van der Waals surface area contributed by atoms with Crippen LogP contribution in [-0.4, -0.2) is 156 Å². The molecule has 5 atom stereocenters. The number of β-amino-alcohol motifs (C(OH)–C–C–N with tert-alkyl or cyclic N) is 1. The van der Waals surface area contributed by atoms with Gasteiger partial charge in [0.2, 0.25) is 11.8 Å². The predicted octanol–water partition coefficient (Wildman–Crippen LogP) is 7.14. The highest BCUT2D eigenvalue weighted by molar-refractivity contribution is 6.07. The number of benzene rings is 4. The summed E-state index contributed by atoms with van der Waals surface area (Å²) in [5.74, 6) is 0.00554. The number of ether oxygens (including phenoxy) is 3. The molecule has 0 spiro atoms. The molecule has 5 aliphatic heterocycles. The normalized spacial score (nSPS) is 21.0. The van der Waals surface area contributed by atoms with E-state index in [-0.39, 0.29) is 79.3 Å². The number of anilines is 2. The van der Waals surface area contributed by atoms with Crippen molar-refractivity contribution in [1.29, 1.82) is 0 Å². The van der Waals surface area contributed by atoms with Crippen molar-refractivity contribution in [1.82, 2.24) is 65.6 Å². The molecule has 462 valence electrons. The molecule has 4 aromatic carbocycles. The number of piperazine rings is 2. The summed E-state index contributed by atoms with van der Waals surface area (Å²) < 4.78 is 39.4. The van der Waals surface area contributed by atoms with Crippen molar-refractivity contribution in [3.8, 4) is 34.1 Å². The number of amides is 2. The summed E-state index contributed by atoms with van der Waals surface area (Å²) in [6.07, 6.45) is 8.61. The van der Waals surface area contributed by atoms with E-state index < -0.39 is 23.7 Å². The Balaban J connectivity index is 0.746. The van der Waals surface area contributed by atoms with Gasteiger partial charge < -0.3 is 55.0 Å². The zero-order chi connectivity index (χ0) is 60.8. The van der Waals surface area contributed by atoms with Gasteiger partial charge in [0.15, 0.2) is 11.3 Å². The molecule has 6 N–H and O–H groups in total. The lowest BCUT2D eigenvalue weighted by molar-refractivity contribution is -0.142. The zero-order valence-electron chi connectivity index (χ0n) is 50.5. The Morgan fingerprint density at radius 2 is 1.76 bits per heavy atom. The number of carbonyl (C=O) groups is 2. The van der Waals surface area contributed by atoms with Crippen LogP contribution >= 0.6 is 0 Å². The van der Waals surface area contributed by atoms with Gasteiger partial charge in [0.25, 0.3) is 5.56 Å². The van der Waals surface area contributed by atoms with Crippen LogP contribution in [-0.2, 0) is 34.0 Å². The van der Waals surface area contributed by atoms with Crippen LogP contribution in [0.2, 0.25) is 0 Å². The van der Waals surface area contributed by atoms with Crippen LogP contribution in [0.5, 0.6) is 11.8 Å². The lowest BCUT2D eigenvalue weighted by Crippen LogP contribution is -2.49. The molecular weight excluding hydrogens is 1130 g/mol. The van der Waals surface area contributed by atoms with E-state index in [1.807, 2.05) is 48.9 Å². The zero-order valence-corrected chi connectivity index (χ0v) is 50.5. The number of nitrogens with one attached hydrogen (secondary N) is 5. The Morgan fingerprint density at radius 3 is 2.54 bits per heavy atom. The molecule has 0 radical (unpaired) electrons. The summed E-state index contributed by atoms with van der Waals surface area (Å²) in [6, 6.07) is 16.7. The minimum Gasteiger partial charge on any atom is -0.486 e. The number of fused-ring (bicyclic) bond motifs is 7. The number of H-pyrrole nitrogens is 2. The Labute approximate surface area is 512 Å². The molecule has 5 saturated heterocycles. The molecule has 6 aliphatic rings. The van der Waals surface area contributed by atoms with Gasteiger partial charge in [-0.1, -0.05) is 38.1 Å². The number of aliphatic hydroxyl groups is 1. The van der Waals surface area contributed by atoms with Gasteiger partial charge in [0.05, 0.1) is 36.7 Å². The van der Waals surface area contributed by atoms with Gasteiger partial charge in [-0.2, -0.15) is 25.3 Å². The van der Waals surface area contributed by atoms with Gasteiger partial charge in [-0.3, -0.25) is 28.8 Å². The fourth-order valence-corrected chi connectivity index (χ4v) is 14.5. The Morgan fingerprint density at radius 1 is 0.921 bits per heavy atom. The van der Waals surface area contributed by atoms with Crippen LogP contribution in [0.15, 0.2) is 78.0 Å². The summed E-state index contributed by atoms with van der Waals surface area (Å²) in [5, 5.41) is 40.9. The molecule has 2 amide bonds. The van der Waals surface area contributed by atoms with Crippen molar-refractivity contribution in [2.45, 2.75) is 128 Å². The first-order valence-electron chi connectivity index (χ1n) is 31.6. The summed E-state index contributed by atoms with van der Waals surface area (Å²) in [7, 11) is 0. The van der Waals surface area contributed by atoms with Crippen molar-refractivity contribution in [3.05, 3.63) is 112 Å². The lowest BCUT2D eigenvalue weighted by Gasteiger charge is -2.32. The topological polar surface area (TPSA) is 251 Å². The molecule has 0 unspecified atom stereocenters. The molecule has 5 aromatic heterocycles. The third-order valence-corrected chi connectivity index (χ3v) is 19.2. The second kappa shape index (κ2) is 23.1. The van der Waals surface area contributed by atoms with E-state index in [2.05, 4.69) is 71.2 Å². The van der Waals surface area contributed by atoms with Gasteiger partial charge in [0, 0.05) is 152 Å². The van der Waals surface area contributed by atoms with E-state index in [0.29, 0.717) is 76.3 Å². The van der Waals surface area contributed by atoms with Crippen molar-refractivity contribution in [2.24, 2.45) is 5.92 Å². The SMILES string of the molecule is CCn1nccc1-c1ccc(CNC(=O)[C@@H]2C[C@@H](O)CN2C(=O)[C@H](C(C)C)n2cc3c(n2)c(=O)[nH]c2cc(COc4c(-c5c(C)c(F)cc6[nH]ncc56)c(C5CC5)cc5c(N6C[C@@H]7C[C@H]6CN7)nc(OC6CCOCC6)nc45)ccc23)c(N2CCNCC2)c1. The van der Waals surface area contributed by atoms with E-state index in [4.69, 9.17) is 29.3 Å². The van der Waals surface area contributed by atoms with Gasteiger partial charge in [-0.15, -0.1) is 0 Å². The second-order valence-electron chi connectivity index (χ2n) is 25.3. The summed E-state index contributed by atoms with van der Waals surface area (Å²) in [5.41, 5.74) is 9.02. The summed E-state index contributed by atoms with van der Waals surface area (Å²) >= 11 is 0. The molecule has 9 aromatic rings. The Kier molecular flexibility index (Phi) is 14.8. The number of likely N-dealkylation sites (tertiary alicyclic amines) is 1. The molecule has 6 fully saturated rings. The number of nitrogens with zero attached hydrogens (tertiary/aromatic N) is 10. The first-order chi connectivity index (χ1) is 43.3. The monoisotopic (exact) mass is 1210 g/mol. The van der Waals surface area contributed by atoms with Crippen LogP contribution in [0.4, 0.5) is 15.9 Å². The van der Waals surface area contributed by atoms with Crippen molar-refractivity contribution in [3.63, 3.8) is 0 Å². The van der Waals surface area contributed by atoms with Gasteiger partial charge in [-0.25, -0.2) is 4.39 Å². The Hall–Kier alpha value is -8.51. The maximum atomic E-state index is 16.3. The van der Waals surface area contributed by atoms with E-state index in [0.717, 1.165) is 121 Å². The molecule has 15 rings (SSSR count). The van der Waals surface area contributed by atoms with Crippen LogP contribution in [0.3, 0.4) is 0 Å². The van der Waals surface area contributed by atoms with Crippen molar-refractivity contribution in [2.75, 3.05) is 68.8 Å². The number of carbonyl (C=O) groups excluding carboxylic acids is 2. The van der Waals surface area contributed by atoms with Gasteiger partial charge in [0.1, 0.15) is 41.9 Å². The second-order valence-corrected chi connectivity index (χ2v) is 25.3. The summed E-state index contributed by atoms with van der Waals surface area (Å²) in [6.45, 7) is 14.7. The van der Waals surface area contributed by atoms with Crippen LogP contribution in [0.1, 0.15) is 93.5 Å². The molecule has 89 heavy (non-hydrogen) atoms. The third-order valence-electron chi connectivity index (χ3n) is 19.2. The molecule has 23 heteroatoms. The minimum absolute atomic E-state index is 0.0325.